The maximum absolute atomic E-state index is 11.2. The fraction of sp³-hybridized carbons (Fsp3) is 0.444. The summed E-state index contributed by atoms with van der Waals surface area (Å²) in [6, 6.07) is -0.949. The lowest BCUT2D eigenvalue weighted by Crippen LogP contribution is -2.42. The molecule has 1 heterocycles. The third-order valence-corrected chi connectivity index (χ3v) is 2.74. The lowest BCUT2D eigenvalue weighted by atomic mass is 10.3. The van der Waals surface area contributed by atoms with Crippen LogP contribution in [0, 0.1) is 0 Å². The maximum Gasteiger partial charge on any atom is 0.357 e. The van der Waals surface area contributed by atoms with Crippen molar-refractivity contribution in [3.63, 3.8) is 0 Å². The fourth-order valence-electron chi connectivity index (χ4n) is 0.967. The minimum absolute atomic E-state index is 0.161. The van der Waals surface area contributed by atoms with Crippen LogP contribution in [0.4, 0.5) is 0 Å². The summed E-state index contributed by atoms with van der Waals surface area (Å²) in [6.45, 7) is -0.259. The van der Waals surface area contributed by atoms with Crippen molar-refractivity contribution in [3.05, 3.63) is 16.1 Å². The fourth-order valence-corrected chi connectivity index (χ4v) is 1.67. The smallest absolute Gasteiger partial charge is 0.357 e. The highest BCUT2D eigenvalue weighted by atomic mass is 32.1. The van der Waals surface area contributed by atoms with E-state index in [4.69, 9.17) is 10.8 Å². The number of thiazole rings is 1. The first-order valence-corrected chi connectivity index (χ1v) is 5.63. The molecule has 0 radical (unpaired) electrons. The minimum atomic E-state index is -0.949. The molecular formula is C9H13N3O4S. The van der Waals surface area contributed by atoms with Gasteiger partial charge in [0.2, 0.25) is 5.91 Å². The minimum Gasteiger partial charge on any atom is -0.464 e. The monoisotopic (exact) mass is 259 g/mol. The molecule has 1 unspecified atom stereocenters. The number of aliphatic hydroxyl groups is 1. The standard InChI is InChI=1S/C9H13N3O4S/c1-16-9(15)6-4-17-7(12-6)2-11-8(14)5(10)3-13/h4-5,13H,2-3,10H2,1H3,(H,11,14). The molecule has 8 heteroatoms. The first-order valence-electron chi connectivity index (χ1n) is 4.75. The van der Waals surface area contributed by atoms with Crippen LogP contribution in [-0.2, 0) is 16.1 Å². The van der Waals surface area contributed by atoms with Crippen LogP contribution in [0.1, 0.15) is 15.5 Å². The van der Waals surface area contributed by atoms with E-state index in [2.05, 4.69) is 15.0 Å². The molecule has 0 saturated heterocycles. The molecule has 4 N–H and O–H groups in total. The Bertz CT molecular complexity index is 407. The second kappa shape index (κ2) is 6.28. The number of rotatable bonds is 5. The average Bonchev–Trinajstić information content (AvgIpc) is 2.82. The Kier molecular flexibility index (Phi) is 5.01. The third-order valence-electron chi connectivity index (χ3n) is 1.89. The van der Waals surface area contributed by atoms with Gasteiger partial charge in [-0.15, -0.1) is 11.3 Å². The van der Waals surface area contributed by atoms with Crippen molar-refractivity contribution < 1.29 is 19.4 Å². The number of carbonyl (C=O) groups is 2. The van der Waals surface area contributed by atoms with E-state index in [1.165, 1.54) is 18.4 Å². The van der Waals surface area contributed by atoms with Crippen molar-refractivity contribution in [2.75, 3.05) is 13.7 Å². The zero-order chi connectivity index (χ0) is 12.8. The van der Waals surface area contributed by atoms with Gasteiger partial charge in [-0.05, 0) is 0 Å². The zero-order valence-corrected chi connectivity index (χ0v) is 9.99. The van der Waals surface area contributed by atoms with Crippen LogP contribution in [0.25, 0.3) is 0 Å². The summed E-state index contributed by atoms with van der Waals surface area (Å²) >= 11 is 1.22. The molecule has 0 spiro atoms. The third kappa shape index (κ3) is 3.77. The van der Waals surface area contributed by atoms with Gasteiger partial charge in [-0.2, -0.15) is 0 Å². The molecule has 0 aliphatic heterocycles. The number of nitrogens with zero attached hydrogens (tertiary/aromatic N) is 1. The van der Waals surface area contributed by atoms with Crippen LogP contribution < -0.4 is 11.1 Å². The number of hydrogen-bond donors (Lipinski definition) is 3. The molecule has 1 aromatic rings. The van der Waals surface area contributed by atoms with Gasteiger partial charge in [0.1, 0.15) is 11.0 Å². The molecular weight excluding hydrogens is 246 g/mol. The number of nitrogens with one attached hydrogen (secondary N) is 1. The molecule has 1 rings (SSSR count). The van der Waals surface area contributed by atoms with E-state index in [-0.39, 0.29) is 12.2 Å². The van der Waals surface area contributed by atoms with Gasteiger partial charge in [0.15, 0.2) is 5.69 Å². The highest BCUT2D eigenvalue weighted by Gasteiger charge is 2.14. The number of aliphatic hydroxyl groups excluding tert-OH is 1. The normalized spacial score (nSPS) is 11.9. The SMILES string of the molecule is COC(=O)c1csc(CNC(=O)C(N)CO)n1. The quantitative estimate of drug-likeness (QED) is 0.576. The number of methoxy groups -OCH3 is 1. The Morgan fingerprint density at radius 1 is 1.71 bits per heavy atom. The Balaban J connectivity index is 2.50. The van der Waals surface area contributed by atoms with Gasteiger partial charge in [-0.1, -0.05) is 0 Å². The van der Waals surface area contributed by atoms with E-state index in [1.54, 1.807) is 5.38 Å². The Hall–Kier alpha value is -1.51. The number of ether oxygens (including phenoxy) is 1. The first-order chi connectivity index (χ1) is 8.08. The summed E-state index contributed by atoms with van der Waals surface area (Å²) in [4.78, 5) is 26.3. The van der Waals surface area contributed by atoms with Crippen LogP contribution >= 0.6 is 11.3 Å². The maximum atomic E-state index is 11.2. The number of esters is 1. The molecule has 1 aromatic heterocycles. The molecule has 0 aliphatic rings. The molecule has 0 saturated carbocycles. The van der Waals surface area contributed by atoms with Crippen molar-refractivity contribution in [1.82, 2.24) is 10.3 Å². The van der Waals surface area contributed by atoms with Crippen LogP contribution in [0.3, 0.4) is 0 Å². The lowest BCUT2D eigenvalue weighted by Gasteiger charge is -2.07. The van der Waals surface area contributed by atoms with Gasteiger partial charge in [0.25, 0.3) is 0 Å². The second-order valence-corrected chi connectivity index (χ2v) is 4.07. The van der Waals surface area contributed by atoms with E-state index < -0.39 is 24.5 Å². The number of aromatic nitrogens is 1. The van der Waals surface area contributed by atoms with Gasteiger partial charge in [-0.25, -0.2) is 9.78 Å². The Morgan fingerprint density at radius 2 is 2.41 bits per heavy atom. The second-order valence-electron chi connectivity index (χ2n) is 3.12. The summed E-state index contributed by atoms with van der Waals surface area (Å²) in [5.41, 5.74) is 5.50. The van der Waals surface area contributed by atoms with Crippen LogP contribution in [0.2, 0.25) is 0 Å². The van der Waals surface area contributed by atoms with Crippen molar-refractivity contribution in [2.45, 2.75) is 12.6 Å². The van der Waals surface area contributed by atoms with Gasteiger partial charge >= 0.3 is 5.97 Å². The molecule has 1 amide bonds. The largest absolute Gasteiger partial charge is 0.464 e. The molecule has 0 aromatic carbocycles. The molecule has 7 nitrogen and oxygen atoms in total. The van der Waals surface area contributed by atoms with Crippen molar-refractivity contribution in [1.29, 1.82) is 0 Å². The van der Waals surface area contributed by atoms with E-state index in [0.717, 1.165) is 0 Å². The number of carbonyl (C=O) groups excluding carboxylic acids is 2. The van der Waals surface area contributed by atoms with Crippen LogP contribution in [-0.4, -0.2) is 41.7 Å². The average molecular weight is 259 g/mol. The van der Waals surface area contributed by atoms with Crippen LogP contribution in [0.15, 0.2) is 5.38 Å². The van der Waals surface area contributed by atoms with E-state index in [1.807, 2.05) is 0 Å². The number of nitrogens with two attached hydrogens (primary N) is 1. The Morgan fingerprint density at radius 3 is 3.00 bits per heavy atom. The summed E-state index contributed by atoms with van der Waals surface area (Å²) in [7, 11) is 1.27. The van der Waals surface area contributed by atoms with Gasteiger partial charge < -0.3 is 20.9 Å². The number of amides is 1. The van der Waals surface area contributed by atoms with E-state index >= 15 is 0 Å². The van der Waals surface area contributed by atoms with Gasteiger partial charge in [-0.3, -0.25) is 4.79 Å². The molecule has 0 fully saturated rings. The first kappa shape index (κ1) is 13.6. The van der Waals surface area contributed by atoms with Crippen molar-refractivity contribution in [3.8, 4) is 0 Å². The van der Waals surface area contributed by atoms with Crippen LogP contribution in [0.5, 0.6) is 0 Å². The van der Waals surface area contributed by atoms with Crippen molar-refractivity contribution >= 4 is 23.2 Å². The molecule has 0 bridgehead atoms. The highest BCUT2D eigenvalue weighted by molar-refractivity contribution is 7.09. The van der Waals surface area contributed by atoms with Gasteiger partial charge in [0, 0.05) is 5.38 Å². The summed E-state index contributed by atoms with van der Waals surface area (Å²) in [6.07, 6.45) is 0. The summed E-state index contributed by atoms with van der Waals surface area (Å²) in [5.74, 6) is -0.992. The van der Waals surface area contributed by atoms with E-state index in [0.29, 0.717) is 5.01 Å². The number of hydrogen-bond acceptors (Lipinski definition) is 7. The zero-order valence-electron chi connectivity index (χ0n) is 9.17. The van der Waals surface area contributed by atoms with E-state index in [9.17, 15) is 9.59 Å². The molecule has 1 atom stereocenters. The molecule has 94 valence electrons. The summed E-state index contributed by atoms with van der Waals surface area (Å²) in [5, 5.41) is 13.2. The predicted octanol–water partition coefficient (Wildman–Crippen LogP) is -1.13. The topological polar surface area (TPSA) is 115 Å². The Labute approximate surface area is 102 Å². The highest BCUT2D eigenvalue weighted by Crippen LogP contribution is 2.10. The van der Waals surface area contributed by atoms with Crippen molar-refractivity contribution in [2.24, 2.45) is 5.73 Å². The molecule has 0 aliphatic carbocycles. The predicted molar refractivity (Wildman–Crippen MR) is 60.4 cm³/mol. The summed E-state index contributed by atoms with van der Waals surface area (Å²) < 4.78 is 4.50. The van der Waals surface area contributed by atoms with Gasteiger partial charge in [0.05, 0.1) is 20.3 Å². The lowest BCUT2D eigenvalue weighted by molar-refractivity contribution is -0.123. The molecule has 17 heavy (non-hydrogen) atoms.